The maximum atomic E-state index is 12.3. The number of amides is 1. The molecule has 1 amide bonds. The quantitative estimate of drug-likeness (QED) is 0.857. The Labute approximate surface area is 149 Å². The van der Waals surface area contributed by atoms with Crippen molar-refractivity contribution in [3.63, 3.8) is 0 Å². The lowest BCUT2D eigenvalue weighted by Crippen LogP contribution is -2.40. The number of carbonyl (C=O) groups is 1. The highest BCUT2D eigenvalue weighted by Gasteiger charge is 2.26. The van der Waals surface area contributed by atoms with Crippen molar-refractivity contribution in [2.75, 3.05) is 50.8 Å². The van der Waals surface area contributed by atoms with Crippen LogP contribution in [0, 0.1) is 6.92 Å². The van der Waals surface area contributed by atoms with Gasteiger partial charge in [-0.2, -0.15) is 0 Å². The van der Waals surface area contributed by atoms with Crippen molar-refractivity contribution in [2.45, 2.75) is 38.5 Å². The molecule has 0 spiro atoms. The molecule has 0 radical (unpaired) electrons. The Hall–Kier alpha value is -1.73. The van der Waals surface area contributed by atoms with Crippen LogP contribution in [-0.4, -0.2) is 66.7 Å². The number of piperidine rings is 1. The van der Waals surface area contributed by atoms with E-state index in [9.17, 15) is 4.79 Å². The molecule has 0 aliphatic carbocycles. The van der Waals surface area contributed by atoms with Crippen LogP contribution in [0.1, 0.15) is 43.1 Å². The summed E-state index contributed by atoms with van der Waals surface area (Å²) in [5.41, 5.74) is 6.59. The summed E-state index contributed by atoms with van der Waals surface area (Å²) in [4.78, 5) is 25.9. The van der Waals surface area contributed by atoms with Crippen molar-refractivity contribution in [1.29, 1.82) is 0 Å². The van der Waals surface area contributed by atoms with Gasteiger partial charge in [0.2, 0.25) is 5.91 Å². The fourth-order valence-electron chi connectivity index (χ4n) is 3.59. The number of rotatable bonds is 5. The molecule has 3 rings (SSSR count). The van der Waals surface area contributed by atoms with Crippen LogP contribution >= 0.6 is 0 Å². The fraction of sp³-hybridized carbons (Fsp3) is 0.722. The summed E-state index contributed by atoms with van der Waals surface area (Å²) in [7, 11) is 0. The zero-order valence-corrected chi connectivity index (χ0v) is 15.1. The molecule has 7 nitrogen and oxygen atoms in total. The highest BCUT2D eigenvalue weighted by Crippen LogP contribution is 2.28. The van der Waals surface area contributed by atoms with Gasteiger partial charge in [-0.3, -0.25) is 4.79 Å². The van der Waals surface area contributed by atoms with Crippen LogP contribution < -0.4 is 10.6 Å². The summed E-state index contributed by atoms with van der Waals surface area (Å²) >= 11 is 0. The van der Waals surface area contributed by atoms with Crippen LogP contribution in [0.2, 0.25) is 0 Å². The van der Waals surface area contributed by atoms with Crippen molar-refractivity contribution in [1.82, 2.24) is 14.9 Å². The largest absolute Gasteiger partial charge is 0.378 e. The normalized spacial score (nSPS) is 21.4. The number of likely N-dealkylation sites (tertiary alicyclic amines) is 1. The van der Waals surface area contributed by atoms with Gasteiger partial charge in [-0.15, -0.1) is 0 Å². The highest BCUT2D eigenvalue weighted by atomic mass is 16.5. The smallest absolute Gasteiger partial charge is 0.222 e. The van der Waals surface area contributed by atoms with Gasteiger partial charge in [0.05, 0.1) is 18.9 Å². The third-order valence-electron chi connectivity index (χ3n) is 4.97. The maximum Gasteiger partial charge on any atom is 0.222 e. The van der Waals surface area contributed by atoms with E-state index in [1.807, 2.05) is 11.8 Å². The molecule has 2 N–H and O–H groups in total. The second-order valence-electron chi connectivity index (χ2n) is 6.87. The standard InChI is InChI=1S/C18H29N5O2/c1-14-20-16(12-17(21-14)22-8-10-25-11-9-22)15-4-3-7-23(13-15)18(24)5-2-6-19/h12,15H,2-11,13,19H2,1H3/t15-/m0/s1. The van der Waals surface area contributed by atoms with E-state index < -0.39 is 0 Å². The average molecular weight is 347 g/mol. The number of hydrogen-bond donors (Lipinski definition) is 1. The van der Waals surface area contributed by atoms with Gasteiger partial charge in [0.15, 0.2) is 0 Å². The third kappa shape index (κ3) is 4.67. The fourth-order valence-corrected chi connectivity index (χ4v) is 3.59. The number of anilines is 1. The summed E-state index contributed by atoms with van der Waals surface area (Å²) in [6, 6.07) is 2.11. The minimum Gasteiger partial charge on any atom is -0.378 e. The van der Waals surface area contributed by atoms with Crippen LogP contribution in [0.5, 0.6) is 0 Å². The van der Waals surface area contributed by atoms with Crippen molar-refractivity contribution >= 4 is 11.7 Å². The van der Waals surface area contributed by atoms with Gasteiger partial charge in [0.1, 0.15) is 11.6 Å². The zero-order valence-electron chi connectivity index (χ0n) is 15.1. The number of nitrogens with two attached hydrogens (primary N) is 1. The molecule has 2 saturated heterocycles. The Bertz CT molecular complexity index is 589. The Morgan fingerprint density at radius 3 is 2.88 bits per heavy atom. The highest BCUT2D eigenvalue weighted by molar-refractivity contribution is 5.76. The summed E-state index contributed by atoms with van der Waals surface area (Å²) in [6.45, 7) is 7.32. The Kier molecular flexibility index (Phi) is 6.20. The van der Waals surface area contributed by atoms with Crippen molar-refractivity contribution in [3.8, 4) is 0 Å². The second kappa shape index (κ2) is 8.58. The maximum absolute atomic E-state index is 12.3. The van der Waals surface area contributed by atoms with Crippen LogP contribution in [0.25, 0.3) is 0 Å². The molecule has 7 heteroatoms. The van der Waals surface area contributed by atoms with Gasteiger partial charge >= 0.3 is 0 Å². The van der Waals surface area contributed by atoms with Crippen molar-refractivity contribution in [3.05, 3.63) is 17.6 Å². The second-order valence-corrected chi connectivity index (χ2v) is 6.87. The molecule has 1 aromatic heterocycles. The predicted octanol–water partition coefficient (Wildman–Crippen LogP) is 1.07. The van der Waals surface area contributed by atoms with Crippen LogP contribution in [0.3, 0.4) is 0 Å². The van der Waals surface area contributed by atoms with Crippen LogP contribution in [0.4, 0.5) is 5.82 Å². The number of aryl methyl sites for hydroxylation is 1. The summed E-state index contributed by atoms with van der Waals surface area (Å²) in [5.74, 6) is 2.29. The first-order valence-corrected chi connectivity index (χ1v) is 9.33. The van der Waals surface area contributed by atoms with Crippen molar-refractivity contribution < 1.29 is 9.53 Å². The lowest BCUT2D eigenvalue weighted by atomic mass is 9.94. The molecule has 3 heterocycles. The zero-order chi connectivity index (χ0) is 17.6. The first-order chi connectivity index (χ1) is 12.2. The van der Waals surface area contributed by atoms with Gasteiger partial charge in [0, 0.05) is 44.6 Å². The van der Waals surface area contributed by atoms with E-state index in [2.05, 4.69) is 20.9 Å². The van der Waals surface area contributed by atoms with E-state index in [1.165, 1.54) is 0 Å². The Balaban J connectivity index is 1.71. The number of nitrogens with zero attached hydrogens (tertiary/aromatic N) is 4. The van der Waals surface area contributed by atoms with E-state index in [0.29, 0.717) is 13.0 Å². The van der Waals surface area contributed by atoms with Gasteiger partial charge in [-0.05, 0) is 32.7 Å². The summed E-state index contributed by atoms with van der Waals surface area (Å²) in [5, 5.41) is 0. The van der Waals surface area contributed by atoms with E-state index in [1.54, 1.807) is 0 Å². The Morgan fingerprint density at radius 2 is 2.12 bits per heavy atom. The lowest BCUT2D eigenvalue weighted by Gasteiger charge is -2.33. The van der Waals surface area contributed by atoms with Gasteiger partial charge in [-0.1, -0.05) is 0 Å². The first kappa shape index (κ1) is 18.1. The number of morpholine rings is 1. The molecule has 0 aromatic carbocycles. The van der Waals surface area contributed by atoms with Crippen molar-refractivity contribution in [2.24, 2.45) is 5.73 Å². The molecular formula is C18H29N5O2. The number of carbonyl (C=O) groups excluding carboxylic acids is 1. The van der Waals surface area contributed by atoms with Crippen LogP contribution in [0.15, 0.2) is 6.07 Å². The molecule has 25 heavy (non-hydrogen) atoms. The molecule has 138 valence electrons. The van der Waals surface area contributed by atoms with E-state index in [4.69, 9.17) is 10.5 Å². The topological polar surface area (TPSA) is 84.6 Å². The molecule has 0 saturated carbocycles. The molecule has 2 aliphatic heterocycles. The van der Waals surface area contributed by atoms with Gasteiger partial charge in [-0.25, -0.2) is 9.97 Å². The molecule has 2 fully saturated rings. The molecular weight excluding hydrogens is 318 g/mol. The third-order valence-corrected chi connectivity index (χ3v) is 4.97. The number of hydrogen-bond acceptors (Lipinski definition) is 6. The predicted molar refractivity (Wildman–Crippen MR) is 96.6 cm³/mol. The molecule has 1 atom stereocenters. The first-order valence-electron chi connectivity index (χ1n) is 9.33. The average Bonchev–Trinajstić information content (AvgIpc) is 2.66. The SMILES string of the molecule is Cc1nc([C@H]2CCCN(C(=O)CCCN)C2)cc(N2CCOCC2)n1. The summed E-state index contributed by atoms with van der Waals surface area (Å²) < 4.78 is 5.43. The monoisotopic (exact) mass is 347 g/mol. The molecule has 0 bridgehead atoms. The Morgan fingerprint density at radius 1 is 1.32 bits per heavy atom. The number of ether oxygens (including phenoxy) is 1. The van der Waals surface area contributed by atoms with E-state index >= 15 is 0 Å². The number of aromatic nitrogens is 2. The lowest BCUT2D eigenvalue weighted by molar-refractivity contribution is -0.132. The molecule has 2 aliphatic rings. The minimum atomic E-state index is 0.217. The van der Waals surface area contributed by atoms with E-state index in [0.717, 1.165) is 76.0 Å². The molecule has 1 aromatic rings. The molecule has 0 unspecified atom stereocenters. The van der Waals surface area contributed by atoms with Crippen LogP contribution in [-0.2, 0) is 9.53 Å². The van der Waals surface area contributed by atoms with Gasteiger partial charge in [0.25, 0.3) is 0 Å². The minimum absolute atomic E-state index is 0.217. The van der Waals surface area contributed by atoms with Gasteiger partial charge < -0.3 is 20.3 Å². The van der Waals surface area contributed by atoms with E-state index in [-0.39, 0.29) is 11.8 Å². The summed E-state index contributed by atoms with van der Waals surface area (Å²) in [6.07, 6.45) is 3.40.